The van der Waals surface area contributed by atoms with Crippen LogP contribution in [0.1, 0.15) is 43.9 Å². The molecule has 0 saturated carbocycles. The standard InChI is InChI=1S/C12H17N5O2/c1-7-5-9(16-15-7)6-10-13-11(17-19-10)12(3,4)14-8(2)18/h5H,6H2,1-4H3,(H,14,18)(H,15,16). The second kappa shape index (κ2) is 4.83. The van der Waals surface area contributed by atoms with Crippen molar-refractivity contribution in [2.45, 2.75) is 39.7 Å². The van der Waals surface area contributed by atoms with Crippen molar-refractivity contribution in [3.8, 4) is 0 Å². The summed E-state index contributed by atoms with van der Waals surface area (Å²) in [6.45, 7) is 7.02. The smallest absolute Gasteiger partial charge is 0.232 e. The Hall–Kier alpha value is -2.18. The quantitative estimate of drug-likeness (QED) is 0.859. The van der Waals surface area contributed by atoms with E-state index in [1.165, 1.54) is 6.92 Å². The summed E-state index contributed by atoms with van der Waals surface area (Å²) in [5.41, 5.74) is 1.16. The van der Waals surface area contributed by atoms with Gasteiger partial charge in [0.2, 0.25) is 11.8 Å². The van der Waals surface area contributed by atoms with Crippen LogP contribution in [-0.2, 0) is 16.8 Å². The Kier molecular flexibility index (Phi) is 3.37. The molecule has 0 atom stereocenters. The van der Waals surface area contributed by atoms with Crippen LogP contribution in [0, 0.1) is 6.92 Å². The van der Waals surface area contributed by atoms with Crippen molar-refractivity contribution in [1.82, 2.24) is 25.7 Å². The number of nitrogens with zero attached hydrogens (tertiary/aromatic N) is 3. The Morgan fingerprint density at radius 3 is 2.84 bits per heavy atom. The number of aromatic amines is 1. The Labute approximate surface area is 110 Å². The van der Waals surface area contributed by atoms with Gasteiger partial charge in [-0.05, 0) is 26.8 Å². The van der Waals surface area contributed by atoms with Crippen LogP contribution in [0.5, 0.6) is 0 Å². The molecule has 102 valence electrons. The molecular formula is C12H17N5O2. The molecule has 2 rings (SSSR count). The third-order valence-corrected chi connectivity index (χ3v) is 2.61. The first-order valence-corrected chi connectivity index (χ1v) is 5.99. The van der Waals surface area contributed by atoms with Crippen molar-refractivity contribution >= 4 is 5.91 Å². The first kappa shape index (κ1) is 13.3. The van der Waals surface area contributed by atoms with Gasteiger partial charge in [0.25, 0.3) is 0 Å². The van der Waals surface area contributed by atoms with Gasteiger partial charge < -0.3 is 9.84 Å². The highest BCUT2D eigenvalue weighted by Gasteiger charge is 2.27. The summed E-state index contributed by atoms with van der Waals surface area (Å²) in [5.74, 6) is 0.782. The van der Waals surface area contributed by atoms with E-state index in [-0.39, 0.29) is 5.91 Å². The Morgan fingerprint density at radius 2 is 2.26 bits per heavy atom. The molecule has 0 aliphatic heterocycles. The number of rotatable bonds is 4. The van der Waals surface area contributed by atoms with E-state index < -0.39 is 5.54 Å². The number of carbonyl (C=O) groups is 1. The van der Waals surface area contributed by atoms with Crippen LogP contribution in [0.2, 0.25) is 0 Å². The van der Waals surface area contributed by atoms with E-state index in [2.05, 4.69) is 25.7 Å². The van der Waals surface area contributed by atoms with Crippen LogP contribution < -0.4 is 5.32 Å². The van der Waals surface area contributed by atoms with Crippen molar-refractivity contribution in [2.24, 2.45) is 0 Å². The predicted octanol–water partition coefficient (Wildman–Crippen LogP) is 1.06. The van der Waals surface area contributed by atoms with E-state index in [9.17, 15) is 4.79 Å². The minimum Gasteiger partial charge on any atom is -0.344 e. The third kappa shape index (κ3) is 3.18. The lowest BCUT2D eigenvalue weighted by Crippen LogP contribution is -2.40. The van der Waals surface area contributed by atoms with Gasteiger partial charge in [0.1, 0.15) is 0 Å². The van der Waals surface area contributed by atoms with Crippen LogP contribution in [0.4, 0.5) is 0 Å². The van der Waals surface area contributed by atoms with Gasteiger partial charge in [0.15, 0.2) is 5.82 Å². The Balaban J connectivity index is 2.12. The van der Waals surface area contributed by atoms with E-state index in [0.29, 0.717) is 18.1 Å². The summed E-state index contributed by atoms with van der Waals surface area (Å²) in [5, 5.41) is 13.6. The predicted molar refractivity (Wildman–Crippen MR) is 67.3 cm³/mol. The van der Waals surface area contributed by atoms with E-state index in [1.54, 1.807) is 0 Å². The molecule has 0 saturated heterocycles. The molecule has 0 fully saturated rings. The van der Waals surface area contributed by atoms with E-state index in [1.807, 2.05) is 26.8 Å². The maximum absolute atomic E-state index is 11.1. The molecule has 7 nitrogen and oxygen atoms in total. The normalized spacial score (nSPS) is 11.6. The molecule has 7 heteroatoms. The number of aryl methyl sites for hydroxylation is 1. The summed E-state index contributed by atoms with van der Waals surface area (Å²) in [4.78, 5) is 15.4. The SMILES string of the molecule is CC(=O)NC(C)(C)c1noc(Cc2cc(C)[nH]n2)n1. The number of H-pyrrole nitrogens is 1. The fourth-order valence-corrected chi connectivity index (χ4v) is 1.80. The minimum absolute atomic E-state index is 0.140. The van der Waals surface area contributed by atoms with Gasteiger partial charge in [-0.1, -0.05) is 5.16 Å². The number of hydrogen-bond acceptors (Lipinski definition) is 5. The molecule has 0 bridgehead atoms. The lowest BCUT2D eigenvalue weighted by atomic mass is 10.1. The zero-order valence-corrected chi connectivity index (χ0v) is 11.4. The van der Waals surface area contributed by atoms with Gasteiger partial charge in [-0.15, -0.1) is 0 Å². The summed E-state index contributed by atoms with van der Waals surface area (Å²) in [7, 11) is 0. The maximum Gasteiger partial charge on any atom is 0.232 e. The zero-order valence-electron chi connectivity index (χ0n) is 11.4. The molecule has 0 aliphatic rings. The van der Waals surface area contributed by atoms with E-state index in [4.69, 9.17) is 4.52 Å². The molecule has 2 aromatic rings. The number of amides is 1. The maximum atomic E-state index is 11.1. The highest BCUT2D eigenvalue weighted by atomic mass is 16.5. The van der Waals surface area contributed by atoms with Gasteiger partial charge in [0.05, 0.1) is 17.7 Å². The van der Waals surface area contributed by atoms with Gasteiger partial charge in [-0.25, -0.2) is 0 Å². The Bertz CT molecular complexity index is 584. The molecule has 19 heavy (non-hydrogen) atoms. The summed E-state index contributed by atoms with van der Waals surface area (Å²) in [6.07, 6.45) is 0.466. The Morgan fingerprint density at radius 1 is 1.53 bits per heavy atom. The molecule has 2 N–H and O–H groups in total. The first-order valence-electron chi connectivity index (χ1n) is 5.99. The van der Waals surface area contributed by atoms with E-state index in [0.717, 1.165) is 11.4 Å². The molecule has 0 radical (unpaired) electrons. The second-order valence-electron chi connectivity index (χ2n) is 5.04. The lowest BCUT2D eigenvalue weighted by molar-refractivity contribution is -0.120. The zero-order chi connectivity index (χ0) is 14.0. The fraction of sp³-hybridized carbons (Fsp3) is 0.500. The highest BCUT2D eigenvalue weighted by molar-refractivity contribution is 5.73. The molecule has 0 spiro atoms. The minimum atomic E-state index is -0.658. The molecule has 1 amide bonds. The monoisotopic (exact) mass is 263 g/mol. The highest BCUT2D eigenvalue weighted by Crippen LogP contribution is 2.17. The number of nitrogens with one attached hydrogen (secondary N) is 2. The van der Waals surface area contributed by atoms with Gasteiger partial charge in [-0.3, -0.25) is 9.89 Å². The van der Waals surface area contributed by atoms with Gasteiger partial charge >= 0.3 is 0 Å². The van der Waals surface area contributed by atoms with Crippen molar-refractivity contribution < 1.29 is 9.32 Å². The third-order valence-electron chi connectivity index (χ3n) is 2.61. The summed E-state index contributed by atoms with van der Waals surface area (Å²) >= 11 is 0. The van der Waals surface area contributed by atoms with Crippen LogP contribution in [0.3, 0.4) is 0 Å². The van der Waals surface area contributed by atoms with Crippen LogP contribution in [0.25, 0.3) is 0 Å². The molecule has 2 heterocycles. The second-order valence-corrected chi connectivity index (χ2v) is 5.04. The summed E-state index contributed by atoms with van der Waals surface area (Å²) < 4.78 is 5.18. The van der Waals surface area contributed by atoms with Crippen LogP contribution in [0.15, 0.2) is 10.6 Å². The van der Waals surface area contributed by atoms with Crippen LogP contribution in [-0.4, -0.2) is 26.2 Å². The van der Waals surface area contributed by atoms with Gasteiger partial charge in [-0.2, -0.15) is 10.1 Å². The van der Waals surface area contributed by atoms with Crippen molar-refractivity contribution in [3.63, 3.8) is 0 Å². The van der Waals surface area contributed by atoms with Gasteiger partial charge in [0, 0.05) is 12.6 Å². The average Bonchev–Trinajstić information content (AvgIpc) is 2.87. The summed E-state index contributed by atoms with van der Waals surface area (Å²) in [6, 6.07) is 1.92. The van der Waals surface area contributed by atoms with Crippen molar-refractivity contribution in [3.05, 3.63) is 29.2 Å². The molecular weight excluding hydrogens is 246 g/mol. The van der Waals surface area contributed by atoms with Crippen LogP contribution >= 0.6 is 0 Å². The average molecular weight is 263 g/mol. The first-order chi connectivity index (χ1) is 8.87. The van der Waals surface area contributed by atoms with E-state index >= 15 is 0 Å². The lowest BCUT2D eigenvalue weighted by Gasteiger charge is -2.20. The van der Waals surface area contributed by atoms with Crippen molar-refractivity contribution in [2.75, 3.05) is 0 Å². The number of hydrogen-bond donors (Lipinski definition) is 2. The fourth-order valence-electron chi connectivity index (χ4n) is 1.80. The molecule has 0 unspecified atom stereocenters. The molecule has 0 aliphatic carbocycles. The molecule has 0 aromatic carbocycles. The number of carbonyl (C=O) groups excluding carboxylic acids is 1. The number of aromatic nitrogens is 4. The molecule has 2 aromatic heterocycles. The van der Waals surface area contributed by atoms with Crippen molar-refractivity contribution in [1.29, 1.82) is 0 Å². The topological polar surface area (TPSA) is 96.7 Å². The largest absolute Gasteiger partial charge is 0.344 e.